The van der Waals surface area contributed by atoms with Crippen LogP contribution >= 0.6 is 15.9 Å². The van der Waals surface area contributed by atoms with Gasteiger partial charge in [0.05, 0.1) is 45.4 Å². The van der Waals surface area contributed by atoms with Crippen LogP contribution in [0.5, 0.6) is 23.0 Å². The normalized spacial score (nSPS) is 15.9. The molecule has 0 atom stereocenters. The summed E-state index contributed by atoms with van der Waals surface area (Å²) in [5.74, 6) is -18.2. The quantitative estimate of drug-likeness (QED) is 0.0123. The molecule has 0 saturated carbocycles. The van der Waals surface area contributed by atoms with Gasteiger partial charge in [-0.3, -0.25) is 9.18 Å². The number of esters is 3. The number of carbonyl (C=O) groups excluding carboxylic acids is 5. The summed E-state index contributed by atoms with van der Waals surface area (Å²) < 4.78 is 172. The van der Waals surface area contributed by atoms with Crippen LogP contribution in [0.15, 0.2) is 49.6 Å². The molecule has 0 aromatic heterocycles. The van der Waals surface area contributed by atoms with E-state index >= 15 is 26.3 Å². The topological polar surface area (TPSA) is 199 Å². The van der Waals surface area contributed by atoms with Crippen molar-refractivity contribution >= 4 is 68.8 Å². The van der Waals surface area contributed by atoms with Crippen molar-refractivity contribution in [3.05, 3.63) is 195 Å². The van der Waals surface area contributed by atoms with Gasteiger partial charge >= 0.3 is 121 Å². The molecule has 0 unspecified atom stereocenters. The summed E-state index contributed by atoms with van der Waals surface area (Å²) in [5.41, 5.74) is 6.93. The number of anilines is 2. The van der Waals surface area contributed by atoms with Gasteiger partial charge in [-0.15, -0.1) is 0 Å². The van der Waals surface area contributed by atoms with E-state index < -0.39 is 93.9 Å². The second kappa shape index (κ2) is 36.7. The Morgan fingerprint density at radius 1 is 0.542 bits per heavy atom. The van der Waals surface area contributed by atoms with Crippen LogP contribution < -0.4 is 163 Å². The number of alkyl halides is 2. The SMILES string of the molecule is C=CC(=O)OCCCBr.C=CC(=O)OCCCOC(=O)c1c(F)c(F)c(F)c(F)c1C1=c2cc3c4c(c2Oc2c1cc1c5c2CCCN5CCC1)CCC[N+]=4CCC3.O=C([O-])c1c(F)c(F)c(F)c(F)c1C1=c2cc3c4c(c2Oc2c1cc1c5c2CCCN5CCC1)CCC[N+]=4CCC3.O=CO[O-].[2H]CF.[H-].[K+].[K+]. The second-order valence-corrected chi connectivity index (χ2v) is 27.2. The maximum Gasteiger partial charge on any atom is 1.00 e. The molecule has 0 radical (unpaired) electrons. The summed E-state index contributed by atoms with van der Waals surface area (Å²) in [7, 11) is -1.00. The standard InChI is InChI=1S/C38H35F4N2O5.C32H26F4N2O3.C6H9BrO2.CH3F.CH2O3.2K.H/c1-2-26(45)47-16-7-17-48-38(46)29-28(30(39)32(41)33(42)31(29)40)27-24-18-20-8-3-12-43-14-5-10-22(34(20)43)36(24)49-37-23-11-6-15-44-13-4-9-21(35(23)44)19-25(27)37;33-24-22(23(32(39)40)25(34)27(36)26(24)35)21-19-13-15-5-1-9-37-11-3-7-17(28(15)37)30(19)41-31-18-8-4-12-38-10-2-6-16(29(18)38)14-20(21)31;1-2-6(8)9-5-3-4-7;1-2;2-1-4-3;;;/h2,18-19H,1,3-17H2;13-14H,1-12H2;2H,1,3-5H2;1H3;1,3H;;;/q+1;;;;;2*+1;-1/p-1/i;;;1D;;;;. The first-order valence-corrected chi connectivity index (χ1v) is 36.1. The average Bonchev–Trinajstić information content (AvgIpc) is 0.709. The zero-order valence-corrected chi connectivity index (χ0v) is 67.1. The van der Waals surface area contributed by atoms with E-state index in [1.165, 1.54) is 0 Å². The van der Waals surface area contributed by atoms with Gasteiger partial charge in [0.25, 0.3) is 6.47 Å². The minimum Gasteiger partial charge on any atom is -1.00 e. The summed E-state index contributed by atoms with van der Waals surface area (Å²) in [6, 6.07) is 7.48. The average molecular weight is 1610 g/mol. The molecule has 0 amide bonds. The Kier molecular flexibility index (Phi) is 28.1. The molecule has 10 aliphatic rings. The largest absolute Gasteiger partial charge is 1.00 e. The molecule has 107 heavy (non-hydrogen) atoms. The van der Waals surface area contributed by atoms with Crippen molar-refractivity contribution in [2.24, 2.45) is 0 Å². The van der Waals surface area contributed by atoms with Crippen LogP contribution in [0.25, 0.3) is 11.1 Å². The van der Waals surface area contributed by atoms with E-state index in [4.69, 9.17) is 30.4 Å². The number of carboxylic acids is 1. The number of aryl methyl sites for hydroxylation is 4. The fourth-order valence-corrected chi connectivity index (χ4v) is 16.7. The number of carbonyl (C=O) groups is 5. The van der Waals surface area contributed by atoms with Gasteiger partial charge in [0.2, 0.25) is 10.7 Å². The third-order valence-electron chi connectivity index (χ3n) is 20.5. The molecule has 0 bridgehead atoms. The third kappa shape index (κ3) is 16.1. The van der Waals surface area contributed by atoms with E-state index in [1.807, 2.05) is 24.3 Å². The zero-order valence-electron chi connectivity index (χ0n) is 61.3. The molecule has 6 aromatic carbocycles. The monoisotopic (exact) mass is 1600 g/mol. The van der Waals surface area contributed by atoms with Crippen LogP contribution in [0, 0.1) is 46.5 Å². The molecule has 17 nitrogen and oxygen atoms in total. The number of fused-ring (bicyclic) bond motifs is 8. The number of aromatic carboxylic acids is 1. The Balaban J connectivity index is 0.000000207. The Hall–Kier alpha value is -6.23. The Morgan fingerprint density at radius 3 is 1.32 bits per heavy atom. The van der Waals surface area contributed by atoms with Crippen LogP contribution in [-0.2, 0) is 84.8 Å². The molecular formula is C78H75BrF9K2N4O13+. The first kappa shape index (κ1) is 81.8. The number of halogens is 10. The minimum atomic E-state index is -2.18. The van der Waals surface area contributed by atoms with Crippen molar-refractivity contribution in [3.63, 3.8) is 0 Å². The van der Waals surface area contributed by atoms with Crippen molar-refractivity contribution in [3.8, 4) is 23.0 Å². The molecule has 0 aliphatic carbocycles. The van der Waals surface area contributed by atoms with Crippen molar-refractivity contribution in [1.82, 2.24) is 9.15 Å². The van der Waals surface area contributed by atoms with E-state index in [1.54, 1.807) is 0 Å². The molecule has 16 rings (SSSR count). The fraction of sp³-hybridized carbons (Fsp3) is 0.397. The van der Waals surface area contributed by atoms with Crippen molar-refractivity contribution < 1.29 is 208 Å². The molecule has 10 aliphatic heterocycles. The fourth-order valence-electron chi connectivity index (χ4n) is 16.5. The molecule has 0 saturated heterocycles. The second-order valence-electron chi connectivity index (χ2n) is 26.5. The molecule has 29 heteroatoms. The summed E-state index contributed by atoms with van der Waals surface area (Å²) >= 11 is 3.20. The van der Waals surface area contributed by atoms with Gasteiger partial charge in [-0.05, 0) is 119 Å². The summed E-state index contributed by atoms with van der Waals surface area (Å²) in [6.07, 6.45) is 15.9. The van der Waals surface area contributed by atoms with E-state index in [-0.39, 0.29) is 147 Å². The Bertz CT molecular complexity index is 4930. The first-order chi connectivity index (χ1) is 51.3. The van der Waals surface area contributed by atoms with E-state index in [0.29, 0.717) is 76.9 Å². The maximum absolute atomic E-state index is 16.5. The van der Waals surface area contributed by atoms with Crippen LogP contribution in [0.4, 0.5) is 50.9 Å². The summed E-state index contributed by atoms with van der Waals surface area (Å²) in [4.78, 5) is 63.5. The summed E-state index contributed by atoms with van der Waals surface area (Å²) in [5, 5.41) is 24.5. The Morgan fingerprint density at radius 2 is 0.907 bits per heavy atom. The predicted octanol–water partition coefficient (Wildman–Crippen LogP) is 2.64. The minimum absolute atomic E-state index is 0. The molecule has 10 heterocycles. The number of benzene rings is 6. The number of ether oxygens (including phenoxy) is 5. The van der Waals surface area contributed by atoms with E-state index in [2.05, 4.69) is 57.7 Å². The van der Waals surface area contributed by atoms with Crippen LogP contribution in [0.1, 0.15) is 154 Å². The number of carboxylic acid groups (broad SMARTS) is 1. The van der Waals surface area contributed by atoms with E-state index in [0.717, 1.165) is 220 Å². The number of nitrogens with zero attached hydrogens (tertiary/aromatic N) is 4. The van der Waals surface area contributed by atoms with Crippen LogP contribution in [0.2, 0.25) is 0 Å². The van der Waals surface area contributed by atoms with Crippen molar-refractivity contribution in [1.29, 1.82) is 0 Å². The van der Waals surface area contributed by atoms with Crippen LogP contribution in [-0.4, -0.2) is 115 Å². The van der Waals surface area contributed by atoms with Gasteiger partial charge < -0.3 is 55.0 Å². The zero-order chi connectivity index (χ0) is 75.4. The Labute approximate surface area is 706 Å². The third-order valence-corrected chi connectivity index (χ3v) is 21.0. The summed E-state index contributed by atoms with van der Waals surface area (Å²) in [6.45, 7) is 13.5. The molecular weight excluding hydrogens is 1530 g/mol. The smallest absolute Gasteiger partial charge is 1.00 e. The van der Waals surface area contributed by atoms with Crippen molar-refractivity contribution in [2.75, 3.05) is 94.5 Å². The van der Waals surface area contributed by atoms with Gasteiger partial charge in [0, 0.05) is 159 Å². The van der Waals surface area contributed by atoms with Crippen molar-refractivity contribution in [2.45, 2.75) is 116 Å². The number of hydrogen-bond acceptors (Lipinski definition) is 15. The van der Waals surface area contributed by atoms with Gasteiger partial charge in [-0.1, -0.05) is 29.1 Å². The van der Waals surface area contributed by atoms with Gasteiger partial charge in [-0.25, -0.2) is 58.7 Å². The first-order valence-electron chi connectivity index (χ1n) is 35.7. The number of hydrogen-bond donors (Lipinski definition) is 0. The molecule has 6 aromatic rings. The maximum atomic E-state index is 16.5. The predicted molar refractivity (Wildman–Crippen MR) is 368 cm³/mol. The van der Waals surface area contributed by atoms with Gasteiger partial charge in [0.15, 0.2) is 46.5 Å². The van der Waals surface area contributed by atoms with Gasteiger partial charge in [-0.2, -0.15) is 0 Å². The number of rotatable bonds is 14. The molecule has 556 valence electrons. The van der Waals surface area contributed by atoms with Gasteiger partial charge in [0.1, 0.15) is 54.7 Å². The molecule has 0 N–H and O–H groups in total. The molecule has 0 fully saturated rings. The molecule has 0 spiro atoms. The van der Waals surface area contributed by atoms with Crippen LogP contribution in [0.3, 0.4) is 0 Å². The van der Waals surface area contributed by atoms with E-state index in [9.17, 15) is 37.5 Å².